The van der Waals surface area contributed by atoms with Gasteiger partial charge >= 0.3 is 0 Å². The fourth-order valence-corrected chi connectivity index (χ4v) is 3.12. The fraction of sp³-hybridized carbons (Fsp3) is 0.438. The van der Waals surface area contributed by atoms with E-state index in [0.29, 0.717) is 10.7 Å². The summed E-state index contributed by atoms with van der Waals surface area (Å²) in [5.74, 6) is -0.984. The lowest BCUT2D eigenvalue weighted by atomic mass is 10.1. The molecule has 1 aliphatic rings. The highest BCUT2D eigenvalue weighted by molar-refractivity contribution is 6.41. The zero-order chi connectivity index (χ0) is 17.6. The first-order valence-corrected chi connectivity index (χ1v) is 8.39. The molecular formula is C16H17Cl2FN4O. The first-order chi connectivity index (χ1) is 11.3. The van der Waals surface area contributed by atoms with Gasteiger partial charge in [0.15, 0.2) is 0 Å². The lowest BCUT2D eigenvalue weighted by Crippen LogP contribution is -2.36. The third-order valence-corrected chi connectivity index (χ3v) is 4.94. The Hall–Kier alpha value is -1.66. The maximum atomic E-state index is 14.3. The molecule has 2 heterocycles. The van der Waals surface area contributed by atoms with Crippen molar-refractivity contribution in [3.8, 4) is 0 Å². The van der Waals surface area contributed by atoms with E-state index in [2.05, 4.69) is 10.1 Å². The second kappa shape index (κ2) is 6.33. The Bertz CT molecular complexity index is 804. The first kappa shape index (κ1) is 17.2. The number of rotatable bonds is 4. The molecule has 0 radical (unpaired) electrons. The summed E-state index contributed by atoms with van der Waals surface area (Å²) in [7, 11) is 1.48. The second-order valence-corrected chi connectivity index (χ2v) is 6.80. The molecule has 1 saturated carbocycles. The van der Waals surface area contributed by atoms with Crippen molar-refractivity contribution in [2.75, 3.05) is 0 Å². The quantitative estimate of drug-likeness (QED) is 0.766. The highest BCUT2D eigenvalue weighted by Crippen LogP contribution is 2.37. The third-order valence-electron chi connectivity index (χ3n) is 4.26. The number of aryl methyl sites for hydroxylation is 2. The monoisotopic (exact) mass is 370 g/mol. The molecule has 1 aliphatic carbocycles. The Kier molecular flexibility index (Phi) is 4.53. The molecule has 5 nitrogen and oxygen atoms in total. The summed E-state index contributed by atoms with van der Waals surface area (Å²) < 4.78 is 15.4. The summed E-state index contributed by atoms with van der Waals surface area (Å²) in [6, 6.07) is 1.48. The Labute approximate surface area is 149 Å². The number of aromatic nitrogens is 3. The summed E-state index contributed by atoms with van der Waals surface area (Å²) in [6.45, 7) is 3.51. The lowest BCUT2D eigenvalue weighted by molar-refractivity contribution is 0.0667. The molecule has 0 N–H and O–H groups in total. The number of nitrogens with zero attached hydrogens (tertiary/aromatic N) is 4. The van der Waals surface area contributed by atoms with Crippen molar-refractivity contribution in [2.45, 2.75) is 38.8 Å². The van der Waals surface area contributed by atoms with Crippen LogP contribution in [0.25, 0.3) is 0 Å². The van der Waals surface area contributed by atoms with Gasteiger partial charge in [-0.15, -0.1) is 0 Å². The van der Waals surface area contributed by atoms with Gasteiger partial charge in [-0.05, 0) is 38.3 Å². The molecule has 1 fully saturated rings. The molecule has 8 heteroatoms. The van der Waals surface area contributed by atoms with Crippen LogP contribution in [0.3, 0.4) is 0 Å². The van der Waals surface area contributed by atoms with Gasteiger partial charge in [0, 0.05) is 19.3 Å². The van der Waals surface area contributed by atoms with E-state index in [1.165, 1.54) is 7.05 Å². The third kappa shape index (κ3) is 3.00. The van der Waals surface area contributed by atoms with Crippen LogP contribution in [-0.4, -0.2) is 31.6 Å². The van der Waals surface area contributed by atoms with Gasteiger partial charge in [0.25, 0.3) is 5.91 Å². The van der Waals surface area contributed by atoms with Crippen molar-refractivity contribution in [3.63, 3.8) is 0 Å². The average molecular weight is 371 g/mol. The molecule has 2 aromatic heterocycles. The van der Waals surface area contributed by atoms with Gasteiger partial charge in [-0.25, -0.2) is 9.67 Å². The summed E-state index contributed by atoms with van der Waals surface area (Å²) in [6.07, 6.45) is 3.38. The van der Waals surface area contributed by atoms with E-state index in [1.54, 1.807) is 24.1 Å². The van der Waals surface area contributed by atoms with Crippen molar-refractivity contribution in [1.82, 2.24) is 19.7 Å². The summed E-state index contributed by atoms with van der Waals surface area (Å²) >= 11 is 11.9. The van der Waals surface area contributed by atoms with E-state index in [1.807, 2.05) is 6.92 Å². The van der Waals surface area contributed by atoms with Crippen LogP contribution in [0.1, 0.15) is 47.4 Å². The second-order valence-electron chi connectivity index (χ2n) is 6.04. The van der Waals surface area contributed by atoms with Gasteiger partial charge in [0.1, 0.15) is 10.7 Å². The van der Waals surface area contributed by atoms with E-state index in [9.17, 15) is 9.18 Å². The molecule has 0 aliphatic heterocycles. The van der Waals surface area contributed by atoms with Crippen LogP contribution in [0, 0.1) is 12.9 Å². The fourth-order valence-electron chi connectivity index (χ4n) is 2.84. The molecule has 1 atom stereocenters. The maximum Gasteiger partial charge on any atom is 0.261 e. The Morgan fingerprint density at radius 3 is 2.62 bits per heavy atom. The number of carbonyl (C=O) groups excluding carboxylic acids is 1. The van der Waals surface area contributed by atoms with Crippen LogP contribution in [0.15, 0.2) is 12.3 Å². The molecule has 128 valence electrons. The van der Waals surface area contributed by atoms with E-state index in [0.717, 1.165) is 23.1 Å². The van der Waals surface area contributed by atoms with E-state index < -0.39 is 5.95 Å². The van der Waals surface area contributed by atoms with Gasteiger partial charge in [0.2, 0.25) is 5.95 Å². The van der Waals surface area contributed by atoms with Gasteiger partial charge in [0.05, 0.1) is 16.8 Å². The minimum absolute atomic E-state index is 0.0178. The Balaban J connectivity index is 1.97. The topological polar surface area (TPSA) is 51.0 Å². The molecule has 2 aromatic rings. The summed E-state index contributed by atoms with van der Waals surface area (Å²) in [5, 5.41) is 4.54. The van der Waals surface area contributed by atoms with E-state index in [4.69, 9.17) is 23.2 Å². The maximum absolute atomic E-state index is 14.3. The van der Waals surface area contributed by atoms with Gasteiger partial charge < -0.3 is 4.90 Å². The molecule has 0 aromatic carbocycles. The van der Waals surface area contributed by atoms with E-state index >= 15 is 0 Å². The molecule has 0 spiro atoms. The van der Waals surface area contributed by atoms with Crippen LogP contribution >= 0.6 is 23.2 Å². The Morgan fingerprint density at radius 1 is 1.46 bits per heavy atom. The molecule has 3 rings (SSSR count). The molecular weight excluding hydrogens is 354 g/mol. The van der Waals surface area contributed by atoms with Crippen LogP contribution < -0.4 is 0 Å². The van der Waals surface area contributed by atoms with Gasteiger partial charge in [-0.1, -0.05) is 23.2 Å². The van der Waals surface area contributed by atoms with Crippen molar-refractivity contribution in [3.05, 3.63) is 45.2 Å². The molecule has 0 bridgehead atoms. The number of hydrogen-bond donors (Lipinski definition) is 0. The van der Waals surface area contributed by atoms with Crippen molar-refractivity contribution < 1.29 is 9.18 Å². The highest BCUT2D eigenvalue weighted by Gasteiger charge is 2.39. The van der Waals surface area contributed by atoms with E-state index in [-0.39, 0.29) is 28.7 Å². The summed E-state index contributed by atoms with van der Waals surface area (Å²) in [5.41, 5.74) is 1.15. The number of halogens is 3. The predicted octanol–water partition coefficient (Wildman–Crippen LogP) is 3.94. The van der Waals surface area contributed by atoms with Crippen LogP contribution in [0.5, 0.6) is 0 Å². The number of hydrogen-bond acceptors (Lipinski definition) is 3. The smallest absolute Gasteiger partial charge is 0.261 e. The SMILES string of the molecule is Cc1nn(C)c(F)c1C(=O)N(C1CC1)C(C)c1cnc(Cl)c(Cl)c1. The zero-order valence-electron chi connectivity index (χ0n) is 13.6. The minimum Gasteiger partial charge on any atom is -0.329 e. The number of carbonyl (C=O) groups is 1. The molecule has 1 amide bonds. The Morgan fingerprint density at radius 2 is 2.12 bits per heavy atom. The average Bonchev–Trinajstić information content (AvgIpc) is 3.30. The van der Waals surface area contributed by atoms with Gasteiger partial charge in [-0.3, -0.25) is 4.79 Å². The molecule has 1 unspecified atom stereocenters. The largest absolute Gasteiger partial charge is 0.329 e. The number of pyridine rings is 1. The van der Waals surface area contributed by atoms with Crippen LogP contribution in [-0.2, 0) is 7.05 Å². The minimum atomic E-state index is -0.623. The zero-order valence-corrected chi connectivity index (χ0v) is 15.1. The normalized spacial score (nSPS) is 15.4. The molecule has 0 saturated heterocycles. The highest BCUT2D eigenvalue weighted by atomic mass is 35.5. The van der Waals surface area contributed by atoms with Crippen LogP contribution in [0.4, 0.5) is 4.39 Å². The lowest BCUT2D eigenvalue weighted by Gasteiger charge is -2.29. The first-order valence-electron chi connectivity index (χ1n) is 7.64. The van der Waals surface area contributed by atoms with Gasteiger partial charge in [-0.2, -0.15) is 9.49 Å². The predicted molar refractivity (Wildman–Crippen MR) is 89.8 cm³/mol. The standard InChI is InChI=1S/C16H17Cl2FN4O/c1-8-13(15(19)22(3)21-8)16(24)23(11-4-5-11)9(2)10-6-12(17)14(18)20-7-10/h6-7,9,11H,4-5H2,1-3H3. The summed E-state index contributed by atoms with van der Waals surface area (Å²) in [4.78, 5) is 18.7. The molecule has 24 heavy (non-hydrogen) atoms. The van der Waals surface area contributed by atoms with Crippen molar-refractivity contribution >= 4 is 29.1 Å². The van der Waals surface area contributed by atoms with Crippen molar-refractivity contribution in [2.24, 2.45) is 7.05 Å². The van der Waals surface area contributed by atoms with Crippen LogP contribution in [0.2, 0.25) is 10.2 Å². The number of amides is 1. The van der Waals surface area contributed by atoms with Crippen molar-refractivity contribution in [1.29, 1.82) is 0 Å².